The minimum Gasteiger partial charge on any atom is -0.383 e. The molecule has 1 aliphatic heterocycles. The van der Waals surface area contributed by atoms with Crippen molar-refractivity contribution in [3.8, 4) is 0 Å². The summed E-state index contributed by atoms with van der Waals surface area (Å²) in [6.45, 7) is 4.62. The van der Waals surface area contributed by atoms with E-state index in [1.54, 1.807) is 7.11 Å². The summed E-state index contributed by atoms with van der Waals surface area (Å²) >= 11 is 5.62. The number of ether oxygens (including phenoxy) is 1. The molecule has 128 valence electrons. The van der Waals surface area contributed by atoms with Gasteiger partial charge in [0.2, 0.25) is 0 Å². The SMILES string of the molecule is CCCN1C(=S)NC(c2ccccn2)C1c1cccn1CCOC. The van der Waals surface area contributed by atoms with E-state index in [0.29, 0.717) is 6.61 Å². The molecule has 1 saturated heterocycles. The third-order valence-corrected chi connectivity index (χ3v) is 4.72. The van der Waals surface area contributed by atoms with Crippen molar-refractivity contribution in [3.63, 3.8) is 0 Å². The van der Waals surface area contributed by atoms with Gasteiger partial charge in [-0.3, -0.25) is 4.98 Å². The second-order valence-corrected chi connectivity index (χ2v) is 6.33. The summed E-state index contributed by atoms with van der Waals surface area (Å²) in [5.74, 6) is 0. The van der Waals surface area contributed by atoms with Gasteiger partial charge >= 0.3 is 0 Å². The van der Waals surface area contributed by atoms with Crippen molar-refractivity contribution in [3.05, 3.63) is 54.1 Å². The van der Waals surface area contributed by atoms with Crippen LogP contribution in [0.4, 0.5) is 0 Å². The average molecular weight is 344 g/mol. The van der Waals surface area contributed by atoms with E-state index in [4.69, 9.17) is 17.0 Å². The maximum atomic E-state index is 5.62. The van der Waals surface area contributed by atoms with Crippen LogP contribution in [0.2, 0.25) is 0 Å². The van der Waals surface area contributed by atoms with E-state index in [-0.39, 0.29) is 12.1 Å². The number of hydrogen-bond donors (Lipinski definition) is 1. The number of nitrogens with one attached hydrogen (secondary N) is 1. The summed E-state index contributed by atoms with van der Waals surface area (Å²) in [5.41, 5.74) is 2.26. The van der Waals surface area contributed by atoms with Crippen LogP contribution in [-0.2, 0) is 11.3 Å². The van der Waals surface area contributed by atoms with E-state index < -0.39 is 0 Å². The number of rotatable bonds is 7. The molecule has 0 saturated carbocycles. The van der Waals surface area contributed by atoms with Crippen LogP contribution in [0.5, 0.6) is 0 Å². The Morgan fingerprint density at radius 2 is 2.12 bits per heavy atom. The van der Waals surface area contributed by atoms with Gasteiger partial charge < -0.3 is 19.5 Å². The molecule has 0 bridgehead atoms. The molecule has 1 aliphatic rings. The van der Waals surface area contributed by atoms with Crippen molar-refractivity contribution in [1.82, 2.24) is 19.8 Å². The first-order valence-corrected chi connectivity index (χ1v) is 8.79. The number of pyridine rings is 1. The Hall–Kier alpha value is -1.92. The summed E-state index contributed by atoms with van der Waals surface area (Å²) < 4.78 is 7.50. The molecule has 2 aromatic rings. The lowest BCUT2D eigenvalue weighted by molar-refractivity contribution is 0.184. The third kappa shape index (κ3) is 3.30. The molecule has 3 heterocycles. The highest BCUT2D eigenvalue weighted by Crippen LogP contribution is 2.38. The molecule has 2 unspecified atom stereocenters. The maximum absolute atomic E-state index is 5.62. The Morgan fingerprint density at radius 3 is 2.83 bits per heavy atom. The van der Waals surface area contributed by atoms with E-state index in [0.717, 1.165) is 30.3 Å². The van der Waals surface area contributed by atoms with Crippen LogP contribution in [0, 0.1) is 0 Å². The Morgan fingerprint density at radius 1 is 1.25 bits per heavy atom. The fraction of sp³-hybridized carbons (Fsp3) is 0.444. The minimum absolute atomic E-state index is 0.0569. The van der Waals surface area contributed by atoms with Crippen LogP contribution in [0.1, 0.15) is 36.8 Å². The largest absolute Gasteiger partial charge is 0.383 e. The Bertz CT molecular complexity index is 673. The molecule has 0 amide bonds. The Kier molecular flexibility index (Phi) is 5.48. The molecule has 1 N–H and O–H groups in total. The summed E-state index contributed by atoms with van der Waals surface area (Å²) in [5, 5.41) is 4.28. The maximum Gasteiger partial charge on any atom is 0.170 e. The normalized spacial score (nSPS) is 20.4. The van der Waals surface area contributed by atoms with Crippen LogP contribution in [0.25, 0.3) is 0 Å². The molecule has 2 atom stereocenters. The summed E-state index contributed by atoms with van der Waals surface area (Å²) in [6.07, 6.45) is 4.99. The van der Waals surface area contributed by atoms with Gasteiger partial charge in [-0.15, -0.1) is 0 Å². The first kappa shape index (κ1) is 16.9. The second kappa shape index (κ2) is 7.77. The van der Waals surface area contributed by atoms with Gasteiger partial charge in [0, 0.05) is 38.3 Å². The highest BCUT2D eigenvalue weighted by molar-refractivity contribution is 7.80. The number of thiocarbonyl (C=S) groups is 1. The van der Waals surface area contributed by atoms with Crippen LogP contribution in [-0.4, -0.2) is 39.8 Å². The lowest BCUT2D eigenvalue weighted by Gasteiger charge is -2.28. The van der Waals surface area contributed by atoms with Gasteiger partial charge in [-0.1, -0.05) is 13.0 Å². The molecule has 3 rings (SSSR count). The van der Waals surface area contributed by atoms with Crippen molar-refractivity contribution in [2.75, 3.05) is 20.3 Å². The molecule has 24 heavy (non-hydrogen) atoms. The van der Waals surface area contributed by atoms with E-state index in [2.05, 4.69) is 51.1 Å². The van der Waals surface area contributed by atoms with Gasteiger partial charge in [-0.25, -0.2) is 0 Å². The first-order valence-electron chi connectivity index (χ1n) is 8.38. The predicted molar refractivity (Wildman–Crippen MR) is 98.8 cm³/mol. The molecule has 6 heteroatoms. The molecular weight excluding hydrogens is 320 g/mol. The number of nitrogens with zero attached hydrogens (tertiary/aromatic N) is 3. The highest BCUT2D eigenvalue weighted by atomic mass is 32.1. The number of hydrogen-bond acceptors (Lipinski definition) is 3. The predicted octanol–water partition coefficient (Wildman–Crippen LogP) is 2.91. The van der Waals surface area contributed by atoms with Gasteiger partial charge in [-0.2, -0.15) is 0 Å². The van der Waals surface area contributed by atoms with Crippen molar-refractivity contribution in [1.29, 1.82) is 0 Å². The molecule has 0 aromatic carbocycles. The zero-order valence-corrected chi connectivity index (χ0v) is 15.0. The van der Waals surface area contributed by atoms with Gasteiger partial charge in [0.05, 0.1) is 24.4 Å². The molecular formula is C18H24N4OS. The minimum atomic E-state index is 0.0569. The van der Waals surface area contributed by atoms with Gasteiger partial charge in [-0.05, 0) is 42.9 Å². The Balaban J connectivity index is 1.98. The van der Waals surface area contributed by atoms with E-state index in [1.807, 2.05) is 18.3 Å². The number of aromatic nitrogens is 2. The van der Waals surface area contributed by atoms with Crippen molar-refractivity contribution >= 4 is 17.3 Å². The quantitative estimate of drug-likeness (QED) is 0.782. The molecule has 0 radical (unpaired) electrons. The topological polar surface area (TPSA) is 42.3 Å². The fourth-order valence-electron chi connectivity index (χ4n) is 3.30. The second-order valence-electron chi connectivity index (χ2n) is 5.94. The zero-order chi connectivity index (χ0) is 16.9. The highest BCUT2D eigenvalue weighted by Gasteiger charge is 2.40. The fourth-order valence-corrected chi connectivity index (χ4v) is 3.63. The monoisotopic (exact) mass is 344 g/mol. The summed E-state index contributed by atoms with van der Waals surface area (Å²) in [4.78, 5) is 6.84. The lowest BCUT2D eigenvalue weighted by atomic mass is 10.0. The molecule has 1 fully saturated rings. The molecule has 0 spiro atoms. The van der Waals surface area contributed by atoms with Gasteiger partial charge in [0.1, 0.15) is 0 Å². The standard InChI is InChI=1S/C18H24N4OS/c1-3-10-22-17(15-8-6-11-21(15)12-13-23-2)16(20-18(22)24)14-7-4-5-9-19-14/h4-9,11,16-17H,3,10,12-13H2,1-2H3,(H,20,24). The molecule has 0 aliphatic carbocycles. The zero-order valence-electron chi connectivity index (χ0n) is 14.2. The molecule has 2 aromatic heterocycles. The van der Waals surface area contributed by atoms with Crippen LogP contribution in [0.3, 0.4) is 0 Å². The summed E-state index contributed by atoms with van der Waals surface area (Å²) in [7, 11) is 1.73. The van der Waals surface area contributed by atoms with Crippen LogP contribution in [0.15, 0.2) is 42.7 Å². The smallest absolute Gasteiger partial charge is 0.170 e. The number of methoxy groups -OCH3 is 1. The average Bonchev–Trinajstić information content (AvgIpc) is 3.19. The van der Waals surface area contributed by atoms with E-state index in [1.165, 1.54) is 5.69 Å². The first-order chi connectivity index (χ1) is 11.8. The van der Waals surface area contributed by atoms with Crippen molar-refractivity contribution in [2.45, 2.75) is 32.0 Å². The third-order valence-electron chi connectivity index (χ3n) is 4.37. The van der Waals surface area contributed by atoms with E-state index in [9.17, 15) is 0 Å². The van der Waals surface area contributed by atoms with Crippen molar-refractivity contribution in [2.24, 2.45) is 0 Å². The molecule has 5 nitrogen and oxygen atoms in total. The summed E-state index contributed by atoms with van der Waals surface area (Å²) in [6, 6.07) is 10.5. The van der Waals surface area contributed by atoms with Crippen molar-refractivity contribution < 1.29 is 4.74 Å². The van der Waals surface area contributed by atoms with Gasteiger partial charge in [0.25, 0.3) is 0 Å². The van der Waals surface area contributed by atoms with Crippen LogP contribution >= 0.6 is 12.2 Å². The Labute approximate surface area is 148 Å². The van der Waals surface area contributed by atoms with Crippen LogP contribution < -0.4 is 5.32 Å². The van der Waals surface area contributed by atoms with Gasteiger partial charge in [0.15, 0.2) is 5.11 Å². The van der Waals surface area contributed by atoms with E-state index >= 15 is 0 Å². The lowest BCUT2D eigenvalue weighted by Crippen LogP contribution is -2.31.